The third kappa shape index (κ3) is 4.50. The standard InChI is InChI=1S/C20H27N5O/c1-15(2)14-22-20-21-8-7-18(23-20)19(26)25-11-9-24(10-12-25)17-6-4-5-16(3)13-17/h4-8,13,15H,9-12,14H2,1-3H3,(H,21,22,23). The van der Waals surface area contributed by atoms with Crippen LogP contribution in [0.3, 0.4) is 0 Å². The monoisotopic (exact) mass is 353 g/mol. The molecule has 2 heterocycles. The molecule has 1 aliphatic heterocycles. The summed E-state index contributed by atoms with van der Waals surface area (Å²) in [5.41, 5.74) is 2.93. The molecule has 138 valence electrons. The van der Waals surface area contributed by atoms with Crippen LogP contribution < -0.4 is 10.2 Å². The number of anilines is 2. The largest absolute Gasteiger partial charge is 0.368 e. The van der Waals surface area contributed by atoms with Gasteiger partial charge in [-0.2, -0.15) is 0 Å². The van der Waals surface area contributed by atoms with E-state index in [0.29, 0.717) is 30.6 Å². The number of aryl methyl sites for hydroxylation is 1. The molecule has 0 atom stereocenters. The zero-order valence-corrected chi connectivity index (χ0v) is 15.8. The van der Waals surface area contributed by atoms with Crippen molar-refractivity contribution in [2.75, 3.05) is 42.9 Å². The Bertz CT molecular complexity index is 753. The lowest BCUT2D eigenvalue weighted by molar-refractivity contribution is 0.0741. The summed E-state index contributed by atoms with van der Waals surface area (Å²) in [5.74, 6) is 0.986. The summed E-state index contributed by atoms with van der Waals surface area (Å²) in [5, 5.41) is 3.17. The molecular weight excluding hydrogens is 326 g/mol. The average molecular weight is 353 g/mol. The fraction of sp³-hybridized carbons (Fsp3) is 0.450. The number of nitrogens with zero attached hydrogens (tertiary/aromatic N) is 4. The topological polar surface area (TPSA) is 61.4 Å². The summed E-state index contributed by atoms with van der Waals surface area (Å²) in [4.78, 5) is 25.6. The van der Waals surface area contributed by atoms with Crippen LogP contribution in [0.4, 0.5) is 11.6 Å². The van der Waals surface area contributed by atoms with Gasteiger partial charge in [-0.05, 0) is 36.6 Å². The number of nitrogens with one attached hydrogen (secondary N) is 1. The molecule has 0 spiro atoms. The lowest BCUT2D eigenvalue weighted by Gasteiger charge is -2.36. The first-order valence-electron chi connectivity index (χ1n) is 9.21. The number of rotatable bonds is 5. The van der Waals surface area contributed by atoms with Crippen LogP contribution in [-0.4, -0.2) is 53.5 Å². The highest BCUT2D eigenvalue weighted by molar-refractivity contribution is 5.92. The highest BCUT2D eigenvalue weighted by Crippen LogP contribution is 2.18. The minimum Gasteiger partial charge on any atom is -0.368 e. The molecular formula is C20H27N5O. The molecule has 1 N–H and O–H groups in total. The van der Waals surface area contributed by atoms with Gasteiger partial charge in [0, 0.05) is 44.6 Å². The lowest BCUT2D eigenvalue weighted by Crippen LogP contribution is -2.49. The van der Waals surface area contributed by atoms with E-state index >= 15 is 0 Å². The summed E-state index contributed by atoms with van der Waals surface area (Å²) >= 11 is 0. The number of carbonyl (C=O) groups is 1. The Hall–Kier alpha value is -2.63. The molecule has 1 aromatic heterocycles. The van der Waals surface area contributed by atoms with E-state index in [1.54, 1.807) is 12.3 Å². The third-order valence-electron chi connectivity index (χ3n) is 4.48. The van der Waals surface area contributed by atoms with Crippen LogP contribution in [0.25, 0.3) is 0 Å². The van der Waals surface area contributed by atoms with Gasteiger partial charge in [-0.15, -0.1) is 0 Å². The van der Waals surface area contributed by atoms with Gasteiger partial charge in [0.25, 0.3) is 5.91 Å². The Balaban J connectivity index is 1.60. The molecule has 26 heavy (non-hydrogen) atoms. The minimum absolute atomic E-state index is 0.0242. The molecule has 1 saturated heterocycles. The fourth-order valence-electron chi connectivity index (χ4n) is 3.01. The van der Waals surface area contributed by atoms with E-state index in [9.17, 15) is 4.79 Å². The van der Waals surface area contributed by atoms with E-state index in [4.69, 9.17) is 0 Å². The summed E-state index contributed by atoms with van der Waals surface area (Å²) in [7, 11) is 0. The quantitative estimate of drug-likeness (QED) is 0.896. The maximum atomic E-state index is 12.8. The summed E-state index contributed by atoms with van der Waals surface area (Å²) in [6, 6.07) is 10.2. The second kappa shape index (κ2) is 8.17. The number of piperazine rings is 1. The molecule has 0 aliphatic carbocycles. The van der Waals surface area contributed by atoms with Crippen LogP contribution >= 0.6 is 0 Å². The molecule has 0 unspecified atom stereocenters. The van der Waals surface area contributed by atoms with Gasteiger partial charge in [0.15, 0.2) is 0 Å². The number of hydrogen-bond acceptors (Lipinski definition) is 5. The van der Waals surface area contributed by atoms with Crippen molar-refractivity contribution in [3.05, 3.63) is 47.8 Å². The molecule has 1 aliphatic rings. The van der Waals surface area contributed by atoms with Gasteiger partial charge in [-0.1, -0.05) is 26.0 Å². The van der Waals surface area contributed by atoms with Gasteiger partial charge in [0.1, 0.15) is 5.69 Å². The SMILES string of the molecule is Cc1cccc(N2CCN(C(=O)c3ccnc(NCC(C)C)n3)CC2)c1. The Morgan fingerprint density at radius 3 is 2.65 bits per heavy atom. The molecule has 1 fully saturated rings. The van der Waals surface area contributed by atoms with Crippen molar-refractivity contribution < 1.29 is 4.79 Å². The van der Waals surface area contributed by atoms with E-state index in [1.165, 1.54) is 11.3 Å². The molecule has 2 aromatic rings. The molecule has 0 saturated carbocycles. The zero-order valence-electron chi connectivity index (χ0n) is 15.8. The van der Waals surface area contributed by atoms with E-state index in [2.05, 4.69) is 65.2 Å². The van der Waals surface area contributed by atoms with Crippen molar-refractivity contribution in [2.45, 2.75) is 20.8 Å². The predicted molar refractivity (Wildman–Crippen MR) is 105 cm³/mol. The highest BCUT2D eigenvalue weighted by Gasteiger charge is 2.23. The van der Waals surface area contributed by atoms with Crippen LogP contribution in [0.15, 0.2) is 36.5 Å². The van der Waals surface area contributed by atoms with Crippen molar-refractivity contribution in [3.8, 4) is 0 Å². The second-order valence-electron chi connectivity index (χ2n) is 7.16. The number of amides is 1. The van der Waals surface area contributed by atoms with Crippen LogP contribution in [0.5, 0.6) is 0 Å². The fourth-order valence-corrected chi connectivity index (χ4v) is 3.01. The van der Waals surface area contributed by atoms with Gasteiger partial charge in [-0.25, -0.2) is 9.97 Å². The summed E-state index contributed by atoms with van der Waals surface area (Å²) in [6.45, 7) is 10.2. The van der Waals surface area contributed by atoms with Gasteiger partial charge in [0.05, 0.1) is 0 Å². The maximum absolute atomic E-state index is 12.8. The minimum atomic E-state index is -0.0242. The normalized spacial score (nSPS) is 14.6. The first-order valence-corrected chi connectivity index (χ1v) is 9.21. The van der Waals surface area contributed by atoms with Gasteiger partial charge < -0.3 is 15.1 Å². The van der Waals surface area contributed by atoms with Crippen molar-refractivity contribution in [1.82, 2.24) is 14.9 Å². The number of benzene rings is 1. The van der Waals surface area contributed by atoms with E-state index in [1.807, 2.05) is 4.90 Å². The van der Waals surface area contributed by atoms with Crippen molar-refractivity contribution in [1.29, 1.82) is 0 Å². The van der Waals surface area contributed by atoms with Crippen molar-refractivity contribution in [3.63, 3.8) is 0 Å². The molecule has 1 amide bonds. The average Bonchev–Trinajstić information content (AvgIpc) is 2.66. The Morgan fingerprint density at radius 2 is 1.96 bits per heavy atom. The summed E-state index contributed by atoms with van der Waals surface area (Å²) < 4.78 is 0. The maximum Gasteiger partial charge on any atom is 0.272 e. The van der Waals surface area contributed by atoms with Crippen LogP contribution in [0.2, 0.25) is 0 Å². The summed E-state index contributed by atoms with van der Waals surface area (Å²) in [6.07, 6.45) is 1.64. The second-order valence-corrected chi connectivity index (χ2v) is 7.16. The first-order chi connectivity index (χ1) is 12.5. The predicted octanol–water partition coefficient (Wildman–Crippen LogP) is 2.82. The molecule has 3 rings (SSSR count). The Labute approximate surface area is 155 Å². The highest BCUT2D eigenvalue weighted by atomic mass is 16.2. The molecule has 6 heteroatoms. The van der Waals surface area contributed by atoms with Gasteiger partial charge in [-0.3, -0.25) is 4.79 Å². The van der Waals surface area contributed by atoms with E-state index in [0.717, 1.165) is 19.6 Å². The molecule has 6 nitrogen and oxygen atoms in total. The number of carbonyl (C=O) groups excluding carboxylic acids is 1. The van der Waals surface area contributed by atoms with Crippen molar-refractivity contribution >= 4 is 17.5 Å². The molecule has 0 radical (unpaired) electrons. The van der Waals surface area contributed by atoms with Gasteiger partial charge in [0.2, 0.25) is 5.95 Å². The van der Waals surface area contributed by atoms with Crippen LogP contribution in [0, 0.1) is 12.8 Å². The zero-order chi connectivity index (χ0) is 18.5. The van der Waals surface area contributed by atoms with Crippen LogP contribution in [0.1, 0.15) is 29.9 Å². The van der Waals surface area contributed by atoms with Crippen LogP contribution in [-0.2, 0) is 0 Å². The van der Waals surface area contributed by atoms with Gasteiger partial charge >= 0.3 is 0 Å². The Morgan fingerprint density at radius 1 is 1.19 bits per heavy atom. The molecule has 0 bridgehead atoms. The van der Waals surface area contributed by atoms with Crippen molar-refractivity contribution in [2.24, 2.45) is 5.92 Å². The number of hydrogen-bond donors (Lipinski definition) is 1. The smallest absolute Gasteiger partial charge is 0.272 e. The molecule has 1 aromatic carbocycles. The van der Waals surface area contributed by atoms with E-state index < -0.39 is 0 Å². The Kier molecular flexibility index (Phi) is 5.71. The first kappa shape index (κ1) is 18.2. The van der Waals surface area contributed by atoms with E-state index in [-0.39, 0.29) is 5.91 Å². The number of aromatic nitrogens is 2. The lowest BCUT2D eigenvalue weighted by atomic mass is 10.2. The third-order valence-corrected chi connectivity index (χ3v) is 4.48.